The first-order chi connectivity index (χ1) is 9.75. The quantitative estimate of drug-likeness (QED) is 0.791. The number of amides is 2. The summed E-state index contributed by atoms with van der Waals surface area (Å²) in [5.74, 6) is -1.23. The van der Waals surface area contributed by atoms with E-state index in [1.807, 2.05) is 20.8 Å². The summed E-state index contributed by atoms with van der Waals surface area (Å²) in [4.78, 5) is 11.7. The molecule has 112 valence electrons. The van der Waals surface area contributed by atoms with Crippen LogP contribution in [0.4, 0.5) is 25.1 Å². The molecular weight excluding hydrogens is 278 g/mol. The molecule has 0 aliphatic rings. The second-order valence-electron chi connectivity index (χ2n) is 5.62. The molecule has 0 bridgehead atoms. The Morgan fingerprint density at radius 1 is 1.19 bits per heavy atom. The highest BCUT2D eigenvalue weighted by Crippen LogP contribution is 2.22. The minimum absolute atomic E-state index is 0.111. The SMILES string of the molecule is CC(C)(C)c1cc(NC(=O)Nc2ccc(F)cc2F)n[nH]1. The second-order valence-corrected chi connectivity index (χ2v) is 5.62. The number of nitrogens with one attached hydrogen (secondary N) is 3. The van der Waals surface area contributed by atoms with Gasteiger partial charge in [0.15, 0.2) is 5.82 Å². The summed E-state index contributed by atoms with van der Waals surface area (Å²) >= 11 is 0. The lowest BCUT2D eigenvalue weighted by molar-refractivity contribution is 0.262. The number of carbonyl (C=O) groups excluding carboxylic acids is 1. The molecule has 0 saturated heterocycles. The number of anilines is 2. The Hall–Kier alpha value is -2.44. The third-order valence-electron chi connectivity index (χ3n) is 2.81. The summed E-state index contributed by atoms with van der Waals surface area (Å²) in [6.07, 6.45) is 0. The standard InChI is InChI=1S/C14H16F2N4O/c1-14(2,3)11-7-12(20-19-11)18-13(21)17-10-5-4-8(15)6-9(10)16/h4-7H,1-3H3,(H3,17,18,19,20,21). The molecule has 0 unspecified atom stereocenters. The highest BCUT2D eigenvalue weighted by Gasteiger charge is 2.17. The first kappa shape index (κ1) is 15.0. The Bertz CT molecular complexity index is 661. The topological polar surface area (TPSA) is 69.8 Å². The Kier molecular flexibility index (Phi) is 3.93. The number of rotatable bonds is 2. The molecule has 0 spiro atoms. The van der Waals surface area contributed by atoms with Gasteiger partial charge in [-0.05, 0) is 12.1 Å². The molecule has 0 radical (unpaired) electrons. The van der Waals surface area contributed by atoms with Gasteiger partial charge in [0.05, 0.1) is 5.69 Å². The van der Waals surface area contributed by atoms with Crippen LogP contribution in [-0.2, 0) is 5.41 Å². The van der Waals surface area contributed by atoms with Crippen LogP contribution in [0.3, 0.4) is 0 Å². The summed E-state index contributed by atoms with van der Waals surface area (Å²) in [5.41, 5.74) is 0.609. The van der Waals surface area contributed by atoms with E-state index in [0.29, 0.717) is 11.9 Å². The number of aromatic nitrogens is 2. The predicted octanol–water partition coefficient (Wildman–Crippen LogP) is 3.63. The monoisotopic (exact) mass is 294 g/mol. The van der Waals surface area contributed by atoms with Crippen LogP contribution in [0.5, 0.6) is 0 Å². The lowest BCUT2D eigenvalue weighted by Crippen LogP contribution is -2.20. The van der Waals surface area contributed by atoms with Crippen LogP contribution < -0.4 is 10.6 Å². The molecule has 0 aliphatic carbocycles. The van der Waals surface area contributed by atoms with E-state index in [2.05, 4.69) is 20.8 Å². The fourth-order valence-corrected chi connectivity index (χ4v) is 1.63. The number of nitrogens with zero attached hydrogens (tertiary/aromatic N) is 1. The van der Waals surface area contributed by atoms with Crippen molar-refractivity contribution in [2.45, 2.75) is 26.2 Å². The number of aromatic amines is 1. The summed E-state index contributed by atoms with van der Waals surface area (Å²) in [7, 11) is 0. The van der Waals surface area contributed by atoms with Gasteiger partial charge in [-0.2, -0.15) is 5.10 Å². The lowest BCUT2D eigenvalue weighted by Gasteiger charge is -2.14. The van der Waals surface area contributed by atoms with Crippen molar-refractivity contribution >= 4 is 17.5 Å². The second kappa shape index (κ2) is 5.51. The normalized spacial score (nSPS) is 11.3. The average molecular weight is 294 g/mol. The molecule has 1 aromatic heterocycles. The molecule has 0 saturated carbocycles. The molecule has 0 fully saturated rings. The zero-order valence-corrected chi connectivity index (χ0v) is 11.9. The van der Waals surface area contributed by atoms with E-state index < -0.39 is 17.7 Å². The van der Waals surface area contributed by atoms with E-state index in [4.69, 9.17) is 0 Å². The van der Waals surface area contributed by atoms with E-state index >= 15 is 0 Å². The molecule has 1 aromatic carbocycles. The van der Waals surface area contributed by atoms with E-state index in [9.17, 15) is 13.6 Å². The molecule has 1 heterocycles. The Morgan fingerprint density at radius 3 is 2.48 bits per heavy atom. The van der Waals surface area contributed by atoms with Crippen molar-refractivity contribution in [3.05, 3.63) is 41.6 Å². The zero-order valence-electron chi connectivity index (χ0n) is 11.9. The van der Waals surface area contributed by atoms with Crippen molar-refractivity contribution in [1.82, 2.24) is 10.2 Å². The molecule has 0 aliphatic heterocycles. The van der Waals surface area contributed by atoms with Crippen molar-refractivity contribution in [2.75, 3.05) is 10.6 Å². The van der Waals surface area contributed by atoms with Crippen molar-refractivity contribution in [1.29, 1.82) is 0 Å². The average Bonchev–Trinajstić information content (AvgIpc) is 2.81. The van der Waals surface area contributed by atoms with Gasteiger partial charge in [0, 0.05) is 23.2 Å². The highest BCUT2D eigenvalue weighted by atomic mass is 19.1. The molecule has 3 N–H and O–H groups in total. The molecule has 2 aromatic rings. The van der Waals surface area contributed by atoms with Crippen LogP contribution >= 0.6 is 0 Å². The summed E-state index contributed by atoms with van der Waals surface area (Å²) < 4.78 is 26.2. The smallest absolute Gasteiger partial charge is 0.305 e. The number of carbonyl (C=O) groups is 1. The van der Waals surface area contributed by atoms with Crippen molar-refractivity contribution in [3.8, 4) is 0 Å². The van der Waals surface area contributed by atoms with Gasteiger partial charge in [0.2, 0.25) is 0 Å². The molecular formula is C14H16F2N4O. The molecule has 2 amide bonds. The van der Waals surface area contributed by atoms with Crippen molar-refractivity contribution in [2.24, 2.45) is 0 Å². The van der Waals surface area contributed by atoms with Crippen LogP contribution in [0.25, 0.3) is 0 Å². The third kappa shape index (κ3) is 3.77. The van der Waals surface area contributed by atoms with Crippen LogP contribution in [0.1, 0.15) is 26.5 Å². The van der Waals surface area contributed by atoms with Crippen LogP contribution in [0.2, 0.25) is 0 Å². The van der Waals surface area contributed by atoms with Gasteiger partial charge < -0.3 is 5.32 Å². The van der Waals surface area contributed by atoms with Crippen molar-refractivity contribution < 1.29 is 13.6 Å². The van der Waals surface area contributed by atoms with E-state index in [1.54, 1.807) is 6.07 Å². The minimum atomic E-state index is -0.845. The molecule has 21 heavy (non-hydrogen) atoms. The van der Waals surface area contributed by atoms with Gasteiger partial charge in [-0.25, -0.2) is 13.6 Å². The molecule has 2 rings (SSSR count). The third-order valence-corrected chi connectivity index (χ3v) is 2.81. The Labute approximate surface area is 120 Å². The van der Waals surface area contributed by atoms with E-state index in [1.165, 1.54) is 0 Å². The Balaban J connectivity index is 2.03. The fourth-order valence-electron chi connectivity index (χ4n) is 1.63. The van der Waals surface area contributed by atoms with Gasteiger partial charge in [-0.15, -0.1) is 0 Å². The molecule has 5 nitrogen and oxygen atoms in total. The maximum Gasteiger partial charge on any atom is 0.324 e. The summed E-state index contributed by atoms with van der Waals surface area (Å²) in [6.45, 7) is 5.99. The summed E-state index contributed by atoms with van der Waals surface area (Å²) in [6, 6.07) is 3.94. The van der Waals surface area contributed by atoms with Gasteiger partial charge >= 0.3 is 6.03 Å². The number of hydrogen-bond acceptors (Lipinski definition) is 2. The predicted molar refractivity (Wildman–Crippen MR) is 76.3 cm³/mol. The minimum Gasteiger partial charge on any atom is -0.305 e. The van der Waals surface area contributed by atoms with Gasteiger partial charge in [0.25, 0.3) is 0 Å². The lowest BCUT2D eigenvalue weighted by atomic mass is 9.92. The number of H-pyrrole nitrogens is 1. The summed E-state index contributed by atoms with van der Waals surface area (Å²) in [5, 5.41) is 11.5. The number of benzene rings is 1. The van der Waals surface area contributed by atoms with Gasteiger partial charge in [-0.3, -0.25) is 10.4 Å². The van der Waals surface area contributed by atoms with Crippen molar-refractivity contribution in [3.63, 3.8) is 0 Å². The Morgan fingerprint density at radius 2 is 1.90 bits per heavy atom. The van der Waals surface area contributed by atoms with E-state index in [-0.39, 0.29) is 11.1 Å². The zero-order chi connectivity index (χ0) is 15.6. The highest BCUT2D eigenvalue weighted by molar-refractivity contribution is 5.99. The van der Waals surface area contributed by atoms with Gasteiger partial charge in [0.1, 0.15) is 11.6 Å². The van der Waals surface area contributed by atoms with Gasteiger partial charge in [-0.1, -0.05) is 20.8 Å². The molecule has 7 heteroatoms. The number of urea groups is 1. The van der Waals surface area contributed by atoms with Crippen LogP contribution in [0, 0.1) is 11.6 Å². The first-order valence-electron chi connectivity index (χ1n) is 6.34. The number of halogens is 2. The van der Waals surface area contributed by atoms with E-state index in [0.717, 1.165) is 17.8 Å². The maximum absolute atomic E-state index is 13.4. The fraction of sp³-hybridized carbons (Fsp3) is 0.286. The van der Waals surface area contributed by atoms with Crippen LogP contribution in [-0.4, -0.2) is 16.2 Å². The first-order valence-corrected chi connectivity index (χ1v) is 6.34. The van der Waals surface area contributed by atoms with Crippen LogP contribution in [0.15, 0.2) is 24.3 Å². The maximum atomic E-state index is 13.4. The molecule has 0 atom stereocenters. The largest absolute Gasteiger partial charge is 0.324 e. The number of hydrogen-bond donors (Lipinski definition) is 3.